The summed E-state index contributed by atoms with van der Waals surface area (Å²) in [6.07, 6.45) is -2.90. The summed E-state index contributed by atoms with van der Waals surface area (Å²) >= 11 is 0. The summed E-state index contributed by atoms with van der Waals surface area (Å²) in [6, 6.07) is -0.216. The van der Waals surface area contributed by atoms with Crippen LogP contribution < -0.4 is 11.3 Å². The molecule has 86 valence electrons. The van der Waals surface area contributed by atoms with Gasteiger partial charge in [-0.15, -0.1) is 0 Å². The van der Waals surface area contributed by atoms with Crippen molar-refractivity contribution in [2.24, 2.45) is 5.84 Å². The summed E-state index contributed by atoms with van der Waals surface area (Å²) in [4.78, 5) is 0. The Morgan fingerprint density at radius 2 is 2.20 bits per heavy atom. The molecule has 0 aliphatic heterocycles. The predicted molar refractivity (Wildman–Crippen MR) is 48.8 cm³/mol. The lowest BCUT2D eigenvalue weighted by molar-refractivity contribution is -0.142. The number of nitrogens with two attached hydrogens (primary N) is 1. The molecular weight excluding hydrogens is 209 g/mol. The minimum Gasteiger partial charge on any atom is -0.271 e. The number of rotatable bonds is 3. The first kappa shape index (κ1) is 12.0. The number of alkyl halides is 3. The molecule has 1 atom stereocenters. The summed E-state index contributed by atoms with van der Waals surface area (Å²) in [5.74, 6) is 5.20. The summed E-state index contributed by atoms with van der Waals surface area (Å²) < 4.78 is 37.1. The van der Waals surface area contributed by atoms with Crippen molar-refractivity contribution in [1.29, 1.82) is 0 Å². The average molecular weight is 222 g/mol. The third-order valence-electron chi connectivity index (χ3n) is 2.04. The van der Waals surface area contributed by atoms with Gasteiger partial charge in [0.1, 0.15) is 6.54 Å². The molecule has 0 saturated carbocycles. The van der Waals surface area contributed by atoms with Crippen molar-refractivity contribution in [3.05, 3.63) is 17.5 Å². The minimum atomic E-state index is -4.25. The normalized spacial score (nSPS) is 14.3. The molecule has 0 aliphatic carbocycles. The largest absolute Gasteiger partial charge is 0.408 e. The highest BCUT2D eigenvalue weighted by molar-refractivity contribution is 5.19. The predicted octanol–water partition coefficient (Wildman–Crippen LogP) is 1.28. The second kappa shape index (κ2) is 4.19. The Kier molecular flexibility index (Phi) is 3.35. The van der Waals surface area contributed by atoms with Crippen LogP contribution in [-0.4, -0.2) is 16.0 Å². The van der Waals surface area contributed by atoms with E-state index in [9.17, 15) is 13.2 Å². The zero-order valence-electron chi connectivity index (χ0n) is 8.47. The van der Waals surface area contributed by atoms with Crippen LogP contribution in [0, 0.1) is 6.92 Å². The van der Waals surface area contributed by atoms with Crippen LogP contribution in [0.1, 0.15) is 24.2 Å². The van der Waals surface area contributed by atoms with Crippen molar-refractivity contribution >= 4 is 0 Å². The monoisotopic (exact) mass is 222 g/mol. The molecule has 0 fully saturated rings. The molecule has 0 spiro atoms. The summed E-state index contributed by atoms with van der Waals surface area (Å²) in [7, 11) is 0. The third-order valence-corrected chi connectivity index (χ3v) is 2.04. The van der Waals surface area contributed by atoms with Crippen molar-refractivity contribution in [2.45, 2.75) is 32.6 Å². The number of aromatic nitrogens is 2. The van der Waals surface area contributed by atoms with Crippen molar-refractivity contribution in [1.82, 2.24) is 15.2 Å². The van der Waals surface area contributed by atoms with Crippen LogP contribution in [0.2, 0.25) is 0 Å². The Morgan fingerprint density at radius 3 is 2.67 bits per heavy atom. The van der Waals surface area contributed by atoms with E-state index in [1.165, 1.54) is 6.20 Å². The highest BCUT2D eigenvalue weighted by atomic mass is 19.4. The zero-order valence-corrected chi connectivity index (χ0v) is 8.47. The number of halogens is 3. The smallest absolute Gasteiger partial charge is 0.271 e. The van der Waals surface area contributed by atoms with Gasteiger partial charge in [0.05, 0.1) is 5.69 Å². The number of hydrazine groups is 1. The molecule has 1 aromatic rings. The van der Waals surface area contributed by atoms with Crippen LogP contribution in [0.25, 0.3) is 0 Å². The van der Waals surface area contributed by atoms with Gasteiger partial charge in [-0.1, -0.05) is 0 Å². The maximum Gasteiger partial charge on any atom is 0.408 e. The van der Waals surface area contributed by atoms with Gasteiger partial charge < -0.3 is 0 Å². The standard InChI is InChI=1S/C8H13F3N4/c1-5(13-12)7-3-15(14-6(7)2)4-8(9,10)11/h3,5,13H,4,12H2,1-2H3. The van der Waals surface area contributed by atoms with E-state index in [2.05, 4.69) is 10.5 Å². The van der Waals surface area contributed by atoms with E-state index in [-0.39, 0.29) is 6.04 Å². The molecule has 0 aliphatic rings. The lowest BCUT2D eigenvalue weighted by atomic mass is 10.1. The molecule has 1 heterocycles. The Morgan fingerprint density at radius 1 is 1.60 bits per heavy atom. The van der Waals surface area contributed by atoms with Crippen LogP contribution in [0.3, 0.4) is 0 Å². The highest BCUT2D eigenvalue weighted by Crippen LogP contribution is 2.20. The molecule has 0 radical (unpaired) electrons. The van der Waals surface area contributed by atoms with E-state index in [4.69, 9.17) is 5.84 Å². The first-order valence-electron chi connectivity index (χ1n) is 4.40. The molecule has 0 amide bonds. The Bertz CT molecular complexity index is 331. The van der Waals surface area contributed by atoms with Gasteiger partial charge in [-0.2, -0.15) is 18.3 Å². The molecule has 7 heteroatoms. The number of nitrogens with zero attached hydrogens (tertiary/aromatic N) is 2. The molecule has 15 heavy (non-hydrogen) atoms. The van der Waals surface area contributed by atoms with Crippen LogP contribution in [0.4, 0.5) is 13.2 Å². The molecule has 4 nitrogen and oxygen atoms in total. The Hall–Kier alpha value is -1.08. The molecular formula is C8H13F3N4. The van der Waals surface area contributed by atoms with Gasteiger partial charge >= 0.3 is 6.18 Å². The van der Waals surface area contributed by atoms with Crippen molar-refractivity contribution in [3.63, 3.8) is 0 Å². The fourth-order valence-corrected chi connectivity index (χ4v) is 1.31. The van der Waals surface area contributed by atoms with Gasteiger partial charge in [0.15, 0.2) is 0 Å². The Labute approximate surface area is 85.2 Å². The van der Waals surface area contributed by atoms with Gasteiger partial charge in [0.25, 0.3) is 0 Å². The number of nitrogens with one attached hydrogen (secondary N) is 1. The quantitative estimate of drug-likeness (QED) is 0.598. The van der Waals surface area contributed by atoms with Crippen molar-refractivity contribution in [3.8, 4) is 0 Å². The van der Waals surface area contributed by atoms with E-state index in [0.717, 1.165) is 4.68 Å². The van der Waals surface area contributed by atoms with E-state index in [1.54, 1.807) is 13.8 Å². The molecule has 1 unspecified atom stereocenters. The molecule has 1 rings (SSSR count). The lowest BCUT2D eigenvalue weighted by Gasteiger charge is -2.07. The molecule has 3 N–H and O–H groups in total. The fraction of sp³-hybridized carbons (Fsp3) is 0.625. The van der Waals surface area contributed by atoms with Gasteiger partial charge in [-0.3, -0.25) is 16.0 Å². The summed E-state index contributed by atoms with van der Waals surface area (Å²) in [6.45, 7) is 2.32. The molecule has 0 saturated heterocycles. The van der Waals surface area contributed by atoms with Gasteiger partial charge in [0, 0.05) is 17.8 Å². The second-order valence-electron chi connectivity index (χ2n) is 3.37. The van der Waals surface area contributed by atoms with E-state index in [0.29, 0.717) is 11.3 Å². The van der Waals surface area contributed by atoms with Crippen LogP contribution in [0.15, 0.2) is 6.20 Å². The fourth-order valence-electron chi connectivity index (χ4n) is 1.31. The van der Waals surface area contributed by atoms with Gasteiger partial charge in [-0.25, -0.2) is 0 Å². The van der Waals surface area contributed by atoms with Crippen molar-refractivity contribution in [2.75, 3.05) is 0 Å². The molecule has 0 aromatic carbocycles. The first-order valence-corrected chi connectivity index (χ1v) is 4.40. The lowest BCUT2D eigenvalue weighted by Crippen LogP contribution is -2.25. The van der Waals surface area contributed by atoms with Crippen LogP contribution >= 0.6 is 0 Å². The zero-order chi connectivity index (χ0) is 11.6. The van der Waals surface area contributed by atoms with Gasteiger partial charge in [0.2, 0.25) is 0 Å². The summed E-state index contributed by atoms with van der Waals surface area (Å²) in [5.41, 5.74) is 3.68. The van der Waals surface area contributed by atoms with Gasteiger partial charge in [-0.05, 0) is 13.8 Å². The first-order chi connectivity index (χ1) is 6.83. The maximum absolute atomic E-state index is 12.1. The third kappa shape index (κ3) is 3.21. The summed E-state index contributed by atoms with van der Waals surface area (Å²) in [5, 5.41) is 3.77. The Balaban J connectivity index is 2.86. The van der Waals surface area contributed by atoms with Crippen LogP contribution in [-0.2, 0) is 6.54 Å². The second-order valence-corrected chi connectivity index (χ2v) is 3.37. The SMILES string of the molecule is Cc1nn(CC(F)(F)F)cc1C(C)NN. The average Bonchev–Trinajstić information content (AvgIpc) is 2.42. The van der Waals surface area contributed by atoms with E-state index in [1.807, 2.05) is 0 Å². The van der Waals surface area contributed by atoms with E-state index >= 15 is 0 Å². The molecule has 1 aromatic heterocycles. The molecule has 0 bridgehead atoms. The van der Waals surface area contributed by atoms with Crippen molar-refractivity contribution < 1.29 is 13.2 Å². The topological polar surface area (TPSA) is 55.9 Å². The van der Waals surface area contributed by atoms with Crippen LogP contribution in [0.5, 0.6) is 0 Å². The highest BCUT2D eigenvalue weighted by Gasteiger charge is 2.29. The maximum atomic E-state index is 12.1. The number of aryl methyl sites for hydroxylation is 1. The minimum absolute atomic E-state index is 0.216. The number of hydrogen-bond donors (Lipinski definition) is 2. The number of hydrogen-bond acceptors (Lipinski definition) is 3. The van der Waals surface area contributed by atoms with E-state index < -0.39 is 12.7 Å².